The Morgan fingerprint density at radius 1 is 0.971 bits per heavy atom. The average Bonchev–Trinajstić information content (AvgIpc) is 2.86. The van der Waals surface area contributed by atoms with Crippen LogP contribution in [0.15, 0.2) is 67.1 Å². The SMILES string of the molecule is N[C@@H](O)[C@H](NC(=O)c1ccc(-c2ccc(NC(=O)CNc3cnccn3)cc2)cc1)C(=O)NO. The van der Waals surface area contributed by atoms with Gasteiger partial charge >= 0.3 is 0 Å². The minimum atomic E-state index is -1.70. The van der Waals surface area contributed by atoms with Crippen molar-refractivity contribution in [2.45, 2.75) is 12.3 Å². The number of aliphatic hydroxyl groups excluding tert-OH is 1. The topological polar surface area (TPSA) is 192 Å². The lowest BCUT2D eigenvalue weighted by atomic mass is 10.0. The van der Waals surface area contributed by atoms with Crippen LogP contribution in [0.1, 0.15) is 10.4 Å². The molecule has 1 heterocycles. The van der Waals surface area contributed by atoms with Crippen molar-refractivity contribution in [3.8, 4) is 11.1 Å². The first kappa shape index (κ1) is 24.3. The zero-order chi connectivity index (χ0) is 24.5. The predicted molar refractivity (Wildman–Crippen MR) is 122 cm³/mol. The predicted octanol–water partition coefficient (Wildman–Crippen LogP) is 0.0751. The van der Waals surface area contributed by atoms with E-state index in [-0.39, 0.29) is 18.0 Å². The minimum Gasteiger partial charge on any atom is -0.376 e. The maximum atomic E-state index is 12.3. The van der Waals surface area contributed by atoms with Gasteiger partial charge in [-0.2, -0.15) is 0 Å². The van der Waals surface area contributed by atoms with E-state index < -0.39 is 24.1 Å². The Bertz CT molecular complexity index is 1120. The first-order chi connectivity index (χ1) is 16.4. The van der Waals surface area contributed by atoms with Crippen LogP contribution in [0.3, 0.4) is 0 Å². The van der Waals surface area contributed by atoms with E-state index in [0.717, 1.165) is 11.1 Å². The summed E-state index contributed by atoms with van der Waals surface area (Å²) in [6.45, 7) is 0.0337. The molecule has 3 rings (SSSR count). The lowest BCUT2D eigenvalue weighted by Crippen LogP contribution is -2.55. The highest BCUT2D eigenvalue weighted by molar-refractivity contribution is 5.98. The molecule has 0 saturated carbocycles. The summed E-state index contributed by atoms with van der Waals surface area (Å²) >= 11 is 0. The fourth-order valence-electron chi connectivity index (χ4n) is 2.93. The van der Waals surface area contributed by atoms with Gasteiger partial charge in [0.2, 0.25) is 5.91 Å². The van der Waals surface area contributed by atoms with E-state index in [4.69, 9.17) is 10.9 Å². The van der Waals surface area contributed by atoms with Gasteiger partial charge in [-0.05, 0) is 35.4 Å². The summed E-state index contributed by atoms with van der Waals surface area (Å²) in [6, 6.07) is 12.1. The van der Waals surface area contributed by atoms with Gasteiger partial charge in [-0.3, -0.25) is 24.6 Å². The van der Waals surface area contributed by atoms with Crippen molar-refractivity contribution in [3.05, 3.63) is 72.7 Å². The van der Waals surface area contributed by atoms with E-state index in [1.54, 1.807) is 24.3 Å². The molecule has 0 fully saturated rings. The molecule has 0 aliphatic rings. The second-order valence-corrected chi connectivity index (χ2v) is 7.06. The molecular weight excluding hydrogens is 442 g/mol. The first-order valence-electron chi connectivity index (χ1n) is 10.1. The number of hydrogen-bond acceptors (Lipinski definition) is 9. The molecule has 8 N–H and O–H groups in total. The summed E-state index contributed by atoms with van der Waals surface area (Å²) in [6.07, 6.45) is 2.88. The fourth-order valence-corrected chi connectivity index (χ4v) is 2.93. The number of anilines is 2. The molecule has 176 valence electrons. The molecule has 0 aliphatic heterocycles. The Hall–Kier alpha value is -4.39. The van der Waals surface area contributed by atoms with Crippen LogP contribution in [0.25, 0.3) is 11.1 Å². The molecule has 2 aromatic carbocycles. The highest BCUT2D eigenvalue weighted by atomic mass is 16.5. The van der Waals surface area contributed by atoms with Gasteiger partial charge in [0.15, 0.2) is 0 Å². The Morgan fingerprint density at radius 3 is 2.18 bits per heavy atom. The van der Waals surface area contributed by atoms with E-state index in [2.05, 4.69) is 25.9 Å². The summed E-state index contributed by atoms with van der Waals surface area (Å²) in [5.41, 5.74) is 9.08. The molecule has 12 heteroatoms. The number of hydroxylamine groups is 1. The standard InChI is InChI=1S/C22H23N7O5/c23-20(31)19(22(33)29-34)28-21(32)15-3-1-13(2-4-15)14-5-7-16(8-6-14)27-18(30)12-26-17-11-24-9-10-25-17/h1-11,19-20,31,34H,12,23H2,(H,25,26)(H,27,30)(H,28,32)(H,29,33)/t19-,20-/m0/s1. The molecule has 34 heavy (non-hydrogen) atoms. The Kier molecular flexibility index (Phi) is 8.18. The summed E-state index contributed by atoms with van der Waals surface area (Å²) < 4.78 is 0. The average molecular weight is 465 g/mol. The van der Waals surface area contributed by atoms with Crippen molar-refractivity contribution in [1.29, 1.82) is 0 Å². The minimum absolute atomic E-state index is 0.0337. The van der Waals surface area contributed by atoms with Crippen LogP contribution in [0.5, 0.6) is 0 Å². The van der Waals surface area contributed by atoms with E-state index in [1.165, 1.54) is 36.2 Å². The third kappa shape index (κ3) is 6.56. The Labute approximate surface area is 194 Å². The molecule has 2 atom stereocenters. The van der Waals surface area contributed by atoms with E-state index in [1.807, 2.05) is 12.1 Å². The maximum absolute atomic E-state index is 12.3. The molecular formula is C22H23N7O5. The number of hydrogen-bond donors (Lipinski definition) is 7. The number of nitrogens with one attached hydrogen (secondary N) is 4. The van der Waals surface area contributed by atoms with Crippen LogP contribution in [-0.4, -0.2) is 56.8 Å². The molecule has 0 unspecified atom stereocenters. The van der Waals surface area contributed by atoms with Gasteiger partial charge in [-0.1, -0.05) is 24.3 Å². The monoisotopic (exact) mass is 465 g/mol. The largest absolute Gasteiger partial charge is 0.376 e. The first-order valence-corrected chi connectivity index (χ1v) is 10.1. The molecule has 3 aromatic rings. The summed E-state index contributed by atoms with van der Waals surface area (Å²) in [4.78, 5) is 43.9. The van der Waals surface area contributed by atoms with Crippen LogP contribution in [0.2, 0.25) is 0 Å². The summed E-state index contributed by atoms with van der Waals surface area (Å²) in [5.74, 6) is -1.45. The summed E-state index contributed by atoms with van der Waals surface area (Å²) in [7, 11) is 0. The number of carbonyl (C=O) groups is 3. The second-order valence-electron chi connectivity index (χ2n) is 7.06. The number of rotatable bonds is 9. The molecule has 0 radical (unpaired) electrons. The molecule has 0 spiro atoms. The molecule has 12 nitrogen and oxygen atoms in total. The van der Waals surface area contributed by atoms with Crippen molar-refractivity contribution in [2.75, 3.05) is 17.2 Å². The number of aliphatic hydroxyl groups is 1. The van der Waals surface area contributed by atoms with E-state index in [9.17, 15) is 19.5 Å². The van der Waals surface area contributed by atoms with Crippen LogP contribution in [0.4, 0.5) is 11.5 Å². The molecule has 0 saturated heterocycles. The zero-order valence-corrected chi connectivity index (χ0v) is 17.8. The molecule has 3 amide bonds. The highest BCUT2D eigenvalue weighted by Crippen LogP contribution is 2.22. The lowest BCUT2D eigenvalue weighted by Gasteiger charge is -2.19. The van der Waals surface area contributed by atoms with Gasteiger partial charge in [-0.25, -0.2) is 10.5 Å². The van der Waals surface area contributed by atoms with E-state index in [0.29, 0.717) is 11.5 Å². The van der Waals surface area contributed by atoms with Crippen LogP contribution in [0, 0.1) is 0 Å². The van der Waals surface area contributed by atoms with Gasteiger partial charge in [0, 0.05) is 23.6 Å². The van der Waals surface area contributed by atoms with Crippen molar-refractivity contribution < 1.29 is 24.7 Å². The second kappa shape index (κ2) is 11.5. The van der Waals surface area contributed by atoms with Crippen molar-refractivity contribution in [1.82, 2.24) is 20.8 Å². The van der Waals surface area contributed by atoms with Gasteiger partial charge in [0.1, 0.15) is 18.1 Å². The van der Waals surface area contributed by atoms with Crippen LogP contribution >= 0.6 is 0 Å². The number of nitrogens with zero attached hydrogens (tertiary/aromatic N) is 2. The zero-order valence-electron chi connectivity index (χ0n) is 17.8. The van der Waals surface area contributed by atoms with Crippen LogP contribution in [-0.2, 0) is 9.59 Å². The number of amides is 3. The fraction of sp³-hybridized carbons (Fsp3) is 0.136. The maximum Gasteiger partial charge on any atom is 0.270 e. The van der Waals surface area contributed by atoms with Crippen molar-refractivity contribution >= 4 is 29.2 Å². The molecule has 1 aromatic heterocycles. The van der Waals surface area contributed by atoms with Crippen LogP contribution < -0.4 is 27.2 Å². The van der Waals surface area contributed by atoms with Crippen molar-refractivity contribution in [2.24, 2.45) is 5.73 Å². The quantitative estimate of drug-likeness (QED) is 0.130. The summed E-state index contributed by atoms with van der Waals surface area (Å²) in [5, 5.41) is 26.0. The van der Waals surface area contributed by atoms with Gasteiger partial charge in [0.25, 0.3) is 11.8 Å². The number of nitrogens with two attached hydrogens (primary N) is 1. The number of carbonyl (C=O) groups excluding carboxylic acids is 3. The Balaban J connectivity index is 1.57. The number of benzene rings is 2. The number of aromatic nitrogens is 2. The Morgan fingerprint density at radius 2 is 1.62 bits per heavy atom. The third-order valence-electron chi connectivity index (χ3n) is 4.66. The lowest BCUT2D eigenvalue weighted by molar-refractivity contribution is -0.133. The van der Waals surface area contributed by atoms with Gasteiger partial charge in [-0.15, -0.1) is 0 Å². The van der Waals surface area contributed by atoms with E-state index >= 15 is 0 Å². The van der Waals surface area contributed by atoms with Crippen molar-refractivity contribution in [3.63, 3.8) is 0 Å². The van der Waals surface area contributed by atoms with Gasteiger partial charge < -0.3 is 26.8 Å². The highest BCUT2D eigenvalue weighted by Gasteiger charge is 2.26. The molecule has 0 aliphatic carbocycles. The smallest absolute Gasteiger partial charge is 0.270 e. The normalized spacial score (nSPS) is 12.2. The van der Waals surface area contributed by atoms with Gasteiger partial charge in [0.05, 0.1) is 12.7 Å². The molecule has 0 bridgehead atoms. The third-order valence-corrected chi connectivity index (χ3v) is 4.66.